The molecule has 30 heavy (non-hydrogen) atoms. The number of carbonyl (C=O) groups is 1. The molecule has 2 heteroatoms. The summed E-state index contributed by atoms with van der Waals surface area (Å²) >= 11 is 0. The van der Waals surface area contributed by atoms with Crippen molar-refractivity contribution in [1.82, 2.24) is 0 Å². The minimum atomic E-state index is -0.901. The van der Waals surface area contributed by atoms with Crippen LogP contribution in [0.4, 0.5) is 0 Å². The maximum absolute atomic E-state index is 11.0. The third kappa shape index (κ3) is 4.99. The topological polar surface area (TPSA) is 37.3 Å². The quantitative estimate of drug-likeness (QED) is 0.507. The van der Waals surface area contributed by atoms with Crippen molar-refractivity contribution in [3.63, 3.8) is 0 Å². The van der Waals surface area contributed by atoms with Crippen molar-refractivity contribution in [2.24, 2.45) is 5.41 Å². The van der Waals surface area contributed by atoms with E-state index in [2.05, 4.69) is 77.1 Å². The van der Waals surface area contributed by atoms with Crippen molar-refractivity contribution in [1.29, 1.82) is 0 Å². The van der Waals surface area contributed by atoms with E-state index in [1.54, 1.807) is 12.1 Å². The lowest BCUT2D eigenvalue weighted by Crippen LogP contribution is -2.21. The number of benzene rings is 2. The Labute approximate surface area is 180 Å². The van der Waals surface area contributed by atoms with Gasteiger partial charge in [0.1, 0.15) is 0 Å². The Morgan fingerprint density at radius 2 is 1.67 bits per heavy atom. The van der Waals surface area contributed by atoms with Crippen LogP contribution >= 0.6 is 0 Å². The Kier molecular flexibility index (Phi) is 6.17. The summed E-state index contributed by atoms with van der Waals surface area (Å²) in [5.41, 5.74) is 6.74. The van der Waals surface area contributed by atoms with Gasteiger partial charge in [-0.15, -0.1) is 0 Å². The standard InChI is InChI=1S/C28H32O2/c1-6-27(2,3)17-15-22-16-18-28(4,5)25-14-11-21(19-24(22)25)8-7-20-9-12-23(13-10-20)26(29)30/h7-17,19H,6,18H2,1-5H3,(H,29,30)/b8-7-,17-15-. The second-order valence-corrected chi connectivity index (χ2v) is 9.49. The van der Waals surface area contributed by atoms with Gasteiger partial charge in [-0.3, -0.25) is 0 Å². The van der Waals surface area contributed by atoms with Crippen molar-refractivity contribution >= 4 is 23.7 Å². The Morgan fingerprint density at radius 3 is 2.30 bits per heavy atom. The van der Waals surface area contributed by atoms with Crippen LogP contribution in [-0.4, -0.2) is 11.1 Å². The SMILES string of the molecule is CCC(C)(C)/C=C\C1=CCC(C)(C)c2ccc(/C=C\c3ccc(C(=O)O)cc3)cc21. The number of fused-ring (bicyclic) bond motifs is 1. The highest BCUT2D eigenvalue weighted by molar-refractivity contribution is 5.88. The first-order valence-electron chi connectivity index (χ1n) is 10.7. The molecule has 156 valence electrons. The third-order valence-electron chi connectivity index (χ3n) is 6.17. The van der Waals surface area contributed by atoms with Crippen molar-refractivity contribution < 1.29 is 9.90 Å². The first kappa shape index (κ1) is 21.8. The molecule has 0 aliphatic heterocycles. The van der Waals surface area contributed by atoms with Crippen LogP contribution in [0.1, 0.15) is 80.1 Å². The summed E-state index contributed by atoms with van der Waals surface area (Å²) in [5, 5.41) is 9.04. The number of rotatable bonds is 6. The first-order valence-corrected chi connectivity index (χ1v) is 10.7. The second-order valence-electron chi connectivity index (χ2n) is 9.49. The maximum atomic E-state index is 11.0. The van der Waals surface area contributed by atoms with Gasteiger partial charge in [-0.05, 0) is 69.7 Å². The number of carboxylic acids is 1. The molecular formula is C28H32O2. The molecule has 3 rings (SSSR count). The molecule has 2 aromatic rings. The highest BCUT2D eigenvalue weighted by Gasteiger charge is 2.27. The molecular weight excluding hydrogens is 368 g/mol. The molecule has 0 radical (unpaired) electrons. The van der Waals surface area contributed by atoms with Gasteiger partial charge >= 0.3 is 5.97 Å². The van der Waals surface area contributed by atoms with Gasteiger partial charge < -0.3 is 5.11 Å². The molecule has 0 atom stereocenters. The Hall–Kier alpha value is -2.87. The summed E-state index contributed by atoms with van der Waals surface area (Å²) in [4.78, 5) is 11.0. The molecule has 0 saturated heterocycles. The third-order valence-corrected chi connectivity index (χ3v) is 6.17. The average molecular weight is 401 g/mol. The normalized spacial score (nSPS) is 16.0. The zero-order valence-electron chi connectivity index (χ0n) is 18.7. The van der Waals surface area contributed by atoms with Crippen molar-refractivity contribution in [3.05, 3.63) is 88.5 Å². The van der Waals surface area contributed by atoms with Crippen LogP contribution in [0, 0.1) is 5.41 Å². The van der Waals surface area contributed by atoms with Gasteiger partial charge in [-0.25, -0.2) is 4.79 Å². The van der Waals surface area contributed by atoms with E-state index in [0.717, 1.165) is 24.0 Å². The maximum Gasteiger partial charge on any atom is 0.335 e. The van der Waals surface area contributed by atoms with Gasteiger partial charge in [0, 0.05) is 0 Å². The predicted octanol–water partition coefficient (Wildman–Crippen LogP) is 7.61. The van der Waals surface area contributed by atoms with E-state index in [9.17, 15) is 4.79 Å². The van der Waals surface area contributed by atoms with Crippen LogP contribution in [0.3, 0.4) is 0 Å². The van der Waals surface area contributed by atoms with Gasteiger partial charge in [0.15, 0.2) is 0 Å². The summed E-state index contributed by atoms with van der Waals surface area (Å²) in [6.45, 7) is 11.4. The summed E-state index contributed by atoms with van der Waals surface area (Å²) in [5.74, 6) is -0.901. The average Bonchev–Trinajstić information content (AvgIpc) is 2.72. The summed E-state index contributed by atoms with van der Waals surface area (Å²) in [6.07, 6.45) is 13.2. The van der Waals surface area contributed by atoms with E-state index >= 15 is 0 Å². The van der Waals surface area contributed by atoms with E-state index in [1.807, 2.05) is 18.2 Å². The van der Waals surface area contributed by atoms with Crippen LogP contribution < -0.4 is 0 Å². The summed E-state index contributed by atoms with van der Waals surface area (Å²) in [6, 6.07) is 13.6. The molecule has 0 fully saturated rings. The largest absolute Gasteiger partial charge is 0.478 e. The Bertz CT molecular complexity index is 1020. The van der Waals surface area contributed by atoms with E-state index in [-0.39, 0.29) is 10.8 Å². The van der Waals surface area contributed by atoms with Gasteiger partial charge in [-0.2, -0.15) is 0 Å². The zero-order chi connectivity index (χ0) is 21.9. The van der Waals surface area contributed by atoms with E-state index in [4.69, 9.17) is 5.11 Å². The molecule has 1 N–H and O–H groups in total. The second kappa shape index (κ2) is 8.47. The molecule has 2 nitrogen and oxygen atoms in total. The van der Waals surface area contributed by atoms with Crippen LogP contribution in [0.2, 0.25) is 0 Å². The predicted molar refractivity (Wildman–Crippen MR) is 128 cm³/mol. The van der Waals surface area contributed by atoms with E-state index < -0.39 is 5.97 Å². The smallest absolute Gasteiger partial charge is 0.335 e. The Balaban J connectivity index is 1.92. The van der Waals surface area contributed by atoms with Crippen LogP contribution in [-0.2, 0) is 5.41 Å². The number of carboxylic acid groups (broad SMARTS) is 1. The highest BCUT2D eigenvalue weighted by atomic mass is 16.4. The monoisotopic (exact) mass is 400 g/mol. The summed E-state index contributed by atoms with van der Waals surface area (Å²) in [7, 11) is 0. The van der Waals surface area contributed by atoms with Crippen molar-refractivity contribution in [3.8, 4) is 0 Å². The fraction of sp³-hybridized carbons (Fsp3) is 0.321. The number of aromatic carboxylic acids is 1. The van der Waals surface area contributed by atoms with Gasteiger partial charge in [-0.1, -0.05) is 89.3 Å². The van der Waals surface area contributed by atoms with Gasteiger partial charge in [0.05, 0.1) is 5.56 Å². The van der Waals surface area contributed by atoms with Crippen LogP contribution in [0.15, 0.2) is 60.7 Å². The fourth-order valence-electron chi connectivity index (χ4n) is 3.60. The highest BCUT2D eigenvalue weighted by Crippen LogP contribution is 2.40. The fourth-order valence-corrected chi connectivity index (χ4v) is 3.60. The molecule has 2 aromatic carbocycles. The lowest BCUT2D eigenvalue weighted by atomic mass is 9.72. The minimum absolute atomic E-state index is 0.127. The Morgan fingerprint density at radius 1 is 1.03 bits per heavy atom. The summed E-state index contributed by atoms with van der Waals surface area (Å²) < 4.78 is 0. The van der Waals surface area contributed by atoms with Crippen LogP contribution in [0.5, 0.6) is 0 Å². The molecule has 0 saturated carbocycles. The minimum Gasteiger partial charge on any atom is -0.478 e. The van der Waals surface area contributed by atoms with Crippen LogP contribution in [0.25, 0.3) is 17.7 Å². The van der Waals surface area contributed by atoms with Crippen molar-refractivity contribution in [2.45, 2.75) is 52.9 Å². The number of hydrogen-bond donors (Lipinski definition) is 1. The van der Waals surface area contributed by atoms with E-state index in [0.29, 0.717) is 5.56 Å². The molecule has 1 aliphatic rings. The lowest BCUT2D eigenvalue weighted by molar-refractivity contribution is 0.0697. The molecule has 0 spiro atoms. The molecule has 0 heterocycles. The first-order chi connectivity index (χ1) is 14.1. The van der Waals surface area contributed by atoms with E-state index in [1.165, 1.54) is 16.7 Å². The van der Waals surface area contributed by atoms with Crippen molar-refractivity contribution in [2.75, 3.05) is 0 Å². The molecule has 0 aromatic heterocycles. The van der Waals surface area contributed by atoms with Gasteiger partial charge in [0.2, 0.25) is 0 Å². The zero-order valence-corrected chi connectivity index (χ0v) is 18.7. The lowest BCUT2D eigenvalue weighted by Gasteiger charge is -2.32. The van der Waals surface area contributed by atoms with Gasteiger partial charge in [0.25, 0.3) is 0 Å². The number of allylic oxidation sites excluding steroid dienone is 4. The molecule has 0 bridgehead atoms. The molecule has 0 unspecified atom stereocenters. The molecule has 0 amide bonds. The molecule has 1 aliphatic carbocycles. The number of hydrogen-bond acceptors (Lipinski definition) is 1.